The summed E-state index contributed by atoms with van der Waals surface area (Å²) in [5.41, 5.74) is 15.5. The highest BCUT2D eigenvalue weighted by Crippen LogP contribution is 2.43. The molecule has 12 rings (SSSR count). The van der Waals surface area contributed by atoms with E-state index in [4.69, 9.17) is 9.97 Å². The van der Waals surface area contributed by atoms with Gasteiger partial charge in [0.05, 0.1) is 33.3 Å². The van der Waals surface area contributed by atoms with Crippen LogP contribution in [0.5, 0.6) is 0 Å². The zero-order chi connectivity index (χ0) is 39.6. The second-order valence-corrected chi connectivity index (χ2v) is 15.4. The van der Waals surface area contributed by atoms with E-state index in [2.05, 4.69) is 215 Å². The van der Waals surface area contributed by atoms with Crippen LogP contribution >= 0.6 is 0 Å². The lowest BCUT2D eigenvalue weighted by Gasteiger charge is -2.14. The maximum atomic E-state index is 5.17. The summed E-state index contributed by atoms with van der Waals surface area (Å²) in [5.74, 6) is 0.708. The van der Waals surface area contributed by atoms with Gasteiger partial charge in [0, 0.05) is 49.4 Å². The van der Waals surface area contributed by atoms with Gasteiger partial charge >= 0.3 is 0 Å². The van der Waals surface area contributed by atoms with Gasteiger partial charge in [-0.1, -0.05) is 152 Å². The molecule has 0 radical (unpaired) electrons. The molecule has 4 nitrogen and oxygen atoms in total. The molecule has 0 fully saturated rings. The van der Waals surface area contributed by atoms with E-state index in [1.54, 1.807) is 0 Å². The summed E-state index contributed by atoms with van der Waals surface area (Å²) in [7, 11) is 0. The molecule has 0 aliphatic rings. The summed E-state index contributed by atoms with van der Waals surface area (Å²) in [5, 5.41) is 5.92. The Hall–Kier alpha value is -8.08. The molecule has 0 atom stereocenters. The largest absolute Gasteiger partial charge is 0.309 e. The van der Waals surface area contributed by atoms with Crippen LogP contribution in [-0.2, 0) is 0 Å². The van der Waals surface area contributed by atoms with Gasteiger partial charge in [-0.25, -0.2) is 9.97 Å². The number of hydrogen-bond donors (Lipinski definition) is 0. The van der Waals surface area contributed by atoms with Gasteiger partial charge in [0.15, 0.2) is 5.82 Å². The molecule has 4 heteroatoms. The van der Waals surface area contributed by atoms with Crippen molar-refractivity contribution in [3.63, 3.8) is 0 Å². The van der Waals surface area contributed by atoms with Crippen LogP contribution in [0.1, 0.15) is 0 Å². The molecule has 3 heterocycles. The van der Waals surface area contributed by atoms with E-state index in [1.807, 2.05) is 12.1 Å². The number of rotatable bonds is 6. The van der Waals surface area contributed by atoms with Gasteiger partial charge < -0.3 is 9.13 Å². The van der Waals surface area contributed by atoms with Crippen molar-refractivity contribution >= 4 is 54.5 Å². The van der Waals surface area contributed by atoms with E-state index < -0.39 is 0 Å². The Morgan fingerprint density at radius 3 is 1.52 bits per heavy atom. The fraction of sp³-hybridized carbons (Fsp3) is 0. The highest BCUT2D eigenvalue weighted by Gasteiger charge is 2.22. The van der Waals surface area contributed by atoms with E-state index in [1.165, 1.54) is 54.8 Å². The van der Waals surface area contributed by atoms with Crippen LogP contribution in [0.15, 0.2) is 218 Å². The molecule has 9 aromatic carbocycles. The minimum absolute atomic E-state index is 0.708. The summed E-state index contributed by atoms with van der Waals surface area (Å²) in [6.45, 7) is 0. The Morgan fingerprint density at radius 1 is 0.300 bits per heavy atom. The standard InChI is InChI=1S/C56H36N4/c1-4-16-37(17-5-1)41-34-42(38-18-6-2-7-19-38)36-44(35-41)59-51-27-15-12-24-48(51)53-52(59)33-32-46-45-22-11-14-26-50(45)60(55(46)53)43-30-28-40(29-31-43)56-57-49-25-13-10-23-47(49)54(58-56)39-20-8-3-9-21-39/h1-36H. The van der Waals surface area contributed by atoms with Crippen LogP contribution in [0.2, 0.25) is 0 Å². The van der Waals surface area contributed by atoms with Crippen molar-refractivity contribution in [2.45, 2.75) is 0 Å². The SMILES string of the molecule is c1ccc(-c2cc(-c3ccccc3)cc(-n3c4ccccc4c4c3ccc3c5ccccc5n(-c5ccc(-c6nc(-c7ccccc7)c7ccccc7n6)cc5)c34)c2)cc1. The van der Waals surface area contributed by atoms with Gasteiger partial charge in [-0.05, 0) is 89.0 Å². The molecule has 0 unspecified atom stereocenters. The monoisotopic (exact) mass is 764 g/mol. The Morgan fingerprint density at radius 2 is 0.850 bits per heavy atom. The second-order valence-electron chi connectivity index (χ2n) is 15.4. The maximum absolute atomic E-state index is 5.17. The fourth-order valence-electron chi connectivity index (χ4n) is 9.17. The quantitative estimate of drug-likeness (QED) is 0.169. The Bertz CT molecular complexity index is 3510. The molecule has 0 aliphatic heterocycles. The smallest absolute Gasteiger partial charge is 0.160 e. The third-order valence-corrected chi connectivity index (χ3v) is 11.9. The van der Waals surface area contributed by atoms with E-state index in [0.717, 1.165) is 50.1 Å². The van der Waals surface area contributed by atoms with Crippen LogP contribution in [0.25, 0.3) is 111 Å². The summed E-state index contributed by atoms with van der Waals surface area (Å²) in [6.07, 6.45) is 0. The second kappa shape index (κ2) is 13.8. The lowest BCUT2D eigenvalue weighted by molar-refractivity contribution is 1.17. The topological polar surface area (TPSA) is 35.6 Å². The molecular weight excluding hydrogens is 729 g/mol. The van der Waals surface area contributed by atoms with E-state index >= 15 is 0 Å². The average molecular weight is 765 g/mol. The molecule has 0 N–H and O–H groups in total. The normalized spacial score (nSPS) is 11.7. The molecular formula is C56H36N4. The predicted octanol–water partition coefficient (Wildman–Crippen LogP) is 14.5. The van der Waals surface area contributed by atoms with Crippen molar-refractivity contribution in [3.05, 3.63) is 218 Å². The van der Waals surface area contributed by atoms with Crippen LogP contribution in [0, 0.1) is 0 Å². The van der Waals surface area contributed by atoms with Crippen molar-refractivity contribution in [2.24, 2.45) is 0 Å². The van der Waals surface area contributed by atoms with Gasteiger partial charge in [0.2, 0.25) is 0 Å². The molecule has 0 bridgehead atoms. The maximum Gasteiger partial charge on any atom is 0.160 e. The molecule has 0 amide bonds. The summed E-state index contributed by atoms with van der Waals surface area (Å²) in [4.78, 5) is 10.2. The fourth-order valence-corrected chi connectivity index (χ4v) is 9.17. The number of nitrogens with zero attached hydrogens (tertiary/aromatic N) is 4. The van der Waals surface area contributed by atoms with Crippen molar-refractivity contribution < 1.29 is 0 Å². The molecule has 3 aromatic heterocycles. The zero-order valence-electron chi connectivity index (χ0n) is 32.6. The molecule has 280 valence electrons. The molecule has 0 spiro atoms. The number of benzene rings is 9. The van der Waals surface area contributed by atoms with Crippen molar-refractivity contribution in [2.75, 3.05) is 0 Å². The van der Waals surface area contributed by atoms with Gasteiger partial charge in [-0.2, -0.15) is 0 Å². The van der Waals surface area contributed by atoms with E-state index in [0.29, 0.717) is 5.82 Å². The number of fused-ring (bicyclic) bond motifs is 8. The van der Waals surface area contributed by atoms with Gasteiger partial charge in [-0.3, -0.25) is 0 Å². The average Bonchev–Trinajstić information content (AvgIpc) is 3.85. The van der Waals surface area contributed by atoms with Gasteiger partial charge in [-0.15, -0.1) is 0 Å². The molecule has 60 heavy (non-hydrogen) atoms. The first-order valence-electron chi connectivity index (χ1n) is 20.4. The highest BCUT2D eigenvalue weighted by molar-refractivity contribution is 6.26. The van der Waals surface area contributed by atoms with Gasteiger partial charge in [0.25, 0.3) is 0 Å². The predicted molar refractivity (Wildman–Crippen MR) is 250 cm³/mol. The Kier molecular flexibility index (Phi) is 7.82. The first-order chi connectivity index (χ1) is 29.8. The van der Waals surface area contributed by atoms with Crippen molar-refractivity contribution in [3.8, 4) is 56.3 Å². The first kappa shape index (κ1) is 34.0. The van der Waals surface area contributed by atoms with Crippen molar-refractivity contribution in [1.82, 2.24) is 19.1 Å². The molecule has 12 aromatic rings. The van der Waals surface area contributed by atoms with Crippen LogP contribution in [0.3, 0.4) is 0 Å². The molecule has 0 aliphatic carbocycles. The summed E-state index contributed by atoms with van der Waals surface area (Å²) < 4.78 is 4.90. The number of hydrogen-bond acceptors (Lipinski definition) is 2. The van der Waals surface area contributed by atoms with Crippen LogP contribution in [0.4, 0.5) is 0 Å². The van der Waals surface area contributed by atoms with Crippen molar-refractivity contribution in [1.29, 1.82) is 0 Å². The van der Waals surface area contributed by atoms with E-state index in [-0.39, 0.29) is 0 Å². The third kappa shape index (κ3) is 5.46. The third-order valence-electron chi connectivity index (χ3n) is 11.9. The minimum Gasteiger partial charge on any atom is -0.309 e. The van der Waals surface area contributed by atoms with E-state index in [9.17, 15) is 0 Å². The summed E-state index contributed by atoms with van der Waals surface area (Å²) >= 11 is 0. The Labute approximate surface area is 346 Å². The zero-order valence-corrected chi connectivity index (χ0v) is 32.6. The lowest BCUT2D eigenvalue weighted by Crippen LogP contribution is -1.97. The van der Waals surface area contributed by atoms with Gasteiger partial charge in [0.1, 0.15) is 0 Å². The number of para-hydroxylation sites is 3. The highest BCUT2D eigenvalue weighted by atomic mass is 15.0. The van der Waals surface area contributed by atoms with Crippen LogP contribution in [-0.4, -0.2) is 19.1 Å². The number of aromatic nitrogens is 4. The Balaban J connectivity index is 1.09. The minimum atomic E-state index is 0.708. The molecule has 0 saturated carbocycles. The summed E-state index contributed by atoms with van der Waals surface area (Å²) in [6, 6.07) is 78.1. The molecule has 0 saturated heterocycles. The van der Waals surface area contributed by atoms with Crippen LogP contribution < -0.4 is 0 Å². The lowest BCUT2D eigenvalue weighted by atomic mass is 9.98. The first-order valence-corrected chi connectivity index (χ1v) is 20.4.